The van der Waals surface area contributed by atoms with Gasteiger partial charge in [0.15, 0.2) is 0 Å². The minimum atomic E-state index is 0.373. The van der Waals surface area contributed by atoms with E-state index >= 15 is 0 Å². The summed E-state index contributed by atoms with van der Waals surface area (Å²) in [6.45, 7) is 2.91. The Balaban J connectivity index is 2.03. The van der Waals surface area contributed by atoms with Crippen molar-refractivity contribution in [3.8, 4) is 0 Å². The van der Waals surface area contributed by atoms with Gasteiger partial charge in [0.05, 0.1) is 0 Å². The Morgan fingerprint density at radius 1 is 1.56 bits per heavy atom. The molecule has 1 unspecified atom stereocenters. The molecular formula is C10H12ClN3S2. The second-order valence-corrected chi connectivity index (χ2v) is 5.94. The first-order valence-electron chi connectivity index (χ1n) is 4.89. The molecule has 1 atom stereocenters. The predicted octanol–water partition coefficient (Wildman–Crippen LogP) is 3.45. The maximum Gasteiger partial charge on any atom is 0.138 e. The van der Waals surface area contributed by atoms with Crippen molar-refractivity contribution in [1.29, 1.82) is 0 Å². The zero-order valence-corrected chi connectivity index (χ0v) is 11.4. The second-order valence-electron chi connectivity index (χ2n) is 3.60. The summed E-state index contributed by atoms with van der Waals surface area (Å²) in [5, 5.41) is 6.11. The summed E-state index contributed by atoms with van der Waals surface area (Å²) in [7, 11) is 2.07. The Bertz CT molecular complexity index is 441. The topological polar surface area (TPSA) is 29.0 Å². The molecule has 0 aromatic carbocycles. The molecule has 0 aliphatic rings. The Hall–Kier alpha value is -0.490. The van der Waals surface area contributed by atoms with Crippen molar-refractivity contribution < 1.29 is 0 Å². The van der Waals surface area contributed by atoms with Gasteiger partial charge in [0.1, 0.15) is 10.0 Å². The molecule has 2 rings (SSSR count). The van der Waals surface area contributed by atoms with Crippen LogP contribution in [0.5, 0.6) is 0 Å². The molecule has 0 bridgehead atoms. The lowest BCUT2D eigenvalue weighted by Gasteiger charge is -2.22. The summed E-state index contributed by atoms with van der Waals surface area (Å²) in [6.07, 6.45) is 0. The first kappa shape index (κ1) is 12.0. The van der Waals surface area contributed by atoms with E-state index in [0.717, 1.165) is 12.2 Å². The van der Waals surface area contributed by atoms with Gasteiger partial charge in [0.25, 0.3) is 0 Å². The monoisotopic (exact) mass is 273 g/mol. The number of hydrogen-bond donors (Lipinski definition) is 0. The van der Waals surface area contributed by atoms with Gasteiger partial charge >= 0.3 is 0 Å². The van der Waals surface area contributed by atoms with E-state index in [1.54, 1.807) is 11.3 Å². The third-order valence-corrected chi connectivity index (χ3v) is 4.55. The third-order valence-electron chi connectivity index (χ3n) is 2.52. The predicted molar refractivity (Wildman–Crippen MR) is 69.1 cm³/mol. The first-order chi connectivity index (χ1) is 7.68. The van der Waals surface area contributed by atoms with Crippen LogP contribution in [0.4, 0.5) is 0 Å². The molecule has 0 aliphatic heterocycles. The fourth-order valence-corrected chi connectivity index (χ4v) is 2.87. The zero-order valence-electron chi connectivity index (χ0n) is 9.05. The van der Waals surface area contributed by atoms with Crippen molar-refractivity contribution in [3.05, 3.63) is 32.4 Å². The molecule has 16 heavy (non-hydrogen) atoms. The van der Waals surface area contributed by atoms with E-state index in [1.165, 1.54) is 16.4 Å². The van der Waals surface area contributed by atoms with Crippen molar-refractivity contribution >= 4 is 34.5 Å². The Morgan fingerprint density at radius 2 is 2.38 bits per heavy atom. The molecule has 2 heterocycles. The molecule has 0 aliphatic carbocycles. The van der Waals surface area contributed by atoms with E-state index in [2.05, 4.69) is 46.0 Å². The minimum absolute atomic E-state index is 0.373. The quantitative estimate of drug-likeness (QED) is 0.854. The highest BCUT2D eigenvalue weighted by atomic mass is 35.5. The summed E-state index contributed by atoms with van der Waals surface area (Å²) < 4.78 is 4.52. The number of aromatic nitrogens is 2. The van der Waals surface area contributed by atoms with Crippen LogP contribution in [0.3, 0.4) is 0 Å². The van der Waals surface area contributed by atoms with E-state index in [0.29, 0.717) is 10.4 Å². The van der Waals surface area contributed by atoms with Gasteiger partial charge in [0.2, 0.25) is 0 Å². The molecule has 0 radical (unpaired) electrons. The molecule has 86 valence electrons. The maximum atomic E-state index is 5.98. The van der Waals surface area contributed by atoms with Crippen LogP contribution in [-0.4, -0.2) is 21.5 Å². The molecule has 0 N–H and O–H groups in total. The lowest BCUT2D eigenvalue weighted by Crippen LogP contribution is -2.21. The molecule has 2 aromatic heterocycles. The minimum Gasteiger partial charge on any atom is -0.293 e. The van der Waals surface area contributed by atoms with Crippen molar-refractivity contribution in [3.63, 3.8) is 0 Å². The largest absolute Gasteiger partial charge is 0.293 e. The van der Waals surface area contributed by atoms with Crippen molar-refractivity contribution in [2.24, 2.45) is 0 Å². The third kappa shape index (κ3) is 2.60. The van der Waals surface area contributed by atoms with E-state index in [4.69, 9.17) is 11.6 Å². The van der Waals surface area contributed by atoms with E-state index in [9.17, 15) is 0 Å². The highest BCUT2D eigenvalue weighted by Crippen LogP contribution is 2.26. The summed E-state index contributed by atoms with van der Waals surface area (Å²) in [5.41, 5.74) is 0.859. The summed E-state index contributed by atoms with van der Waals surface area (Å²) in [5.74, 6) is 0. The smallest absolute Gasteiger partial charge is 0.138 e. The number of nitrogens with zero attached hydrogens (tertiary/aromatic N) is 3. The first-order valence-corrected chi connectivity index (χ1v) is 6.92. The van der Waals surface area contributed by atoms with Crippen LogP contribution in [0.1, 0.15) is 23.5 Å². The van der Waals surface area contributed by atoms with E-state index in [1.807, 2.05) is 0 Å². The Kier molecular flexibility index (Phi) is 3.91. The number of rotatable bonds is 4. The fraction of sp³-hybridized carbons (Fsp3) is 0.400. The Labute approximate surface area is 108 Å². The van der Waals surface area contributed by atoms with Crippen LogP contribution in [0, 0.1) is 0 Å². The molecule has 0 spiro atoms. The van der Waals surface area contributed by atoms with E-state index in [-0.39, 0.29) is 0 Å². The standard InChI is InChI=1S/C10H12ClN3S2/c1-7(9-4-3-5-15-9)14(2)6-8-10(11)16-13-12-8/h3-5,7H,6H2,1-2H3. The van der Waals surface area contributed by atoms with Gasteiger partial charge in [-0.2, -0.15) is 0 Å². The van der Waals surface area contributed by atoms with Crippen molar-refractivity contribution in [2.45, 2.75) is 19.5 Å². The van der Waals surface area contributed by atoms with Crippen LogP contribution >= 0.6 is 34.5 Å². The van der Waals surface area contributed by atoms with Gasteiger partial charge < -0.3 is 0 Å². The molecule has 2 aromatic rings. The number of thiophene rings is 1. The van der Waals surface area contributed by atoms with Crippen LogP contribution in [-0.2, 0) is 6.54 Å². The van der Waals surface area contributed by atoms with Gasteiger partial charge in [0, 0.05) is 29.0 Å². The lowest BCUT2D eigenvalue weighted by molar-refractivity contribution is 0.253. The van der Waals surface area contributed by atoms with Crippen LogP contribution in [0.2, 0.25) is 4.34 Å². The molecule has 0 saturated heterocycles. The maximum absolute atomic E-state index is 5.98. The summed E-state index contributed by atoms with van der Waals surface area (Å²) in [6, 6.07) is 4.59. The highest BCUT2D eigenvalue weighted by Gasteiger charge is 2.15. The van der Waals surface area contributed by atoms with E-state index < -0.39 is 0 Å². The second kappa shape index (κ2) is 5.23. The van der Waals surface area contributed by atoms with Gasteiger partial charge in [-0.15, -0.1) is 16.4 Å². The summed E-state index contributed by atoms with van der Waals surface area (Å²) >= 11 is 8.99. The lowest BCUT2D eigenvalue weighted by atomic mass is 10.2. The van der Waals surface area contributed by atoms with Gasteiger partial charge in [-0.3, -0.25) is 4.90 Å². The average molecular weight is 274 g/mol. The normalized spacial score (nSPS) is 13.2. The van der Waals surface area contributed by atoms with Crippen LogP contribution in [0.15, 0.2) is 17.5 Å². The SMILES string of the molecule is CC(c1cccs1)N(C)Cc1nnsc1Cl. The van der Waals surface area contributed by atoms with Gasteiger partial charge in [-0.25, -0.2) is 0 Å². The van der Waals surface area contributed by atoms with Crippen molar-refractivity contribution in [1.82, 2.24) is 14.5 Å². The molecule has 0 amide bonds. The van der Waals surface area contributed by atoms with Crippen molar-refractivity contribution in [2.75, 3.05) is 7.05 Å². The van der Waals surface area contributed by atoms with Crippen LogP contribution < -0.4 is 0 Å². The molecular weight excluding hydrogens is 262 g/mol. The van der Waals surface area contributed by atoms with Gasteiger partial charge in [-0.1, -0.05) is 22.2 Å². The highest BCUT2D eigenvalue weighted by molar-refractivity contribution is 7.10. The molecule has 0 fully saturated rings. The molecule has 0 saturated carbocycles. The van der Waals surface area contributed by atoms with Crippen LogP contribution in [0.25, 0.3) is 0 Å². The number of halogens is 1. The zero-order chi connectivity index (χ0) is 11.5. The summed E-state index contributed by atoms with van der Waals surface area (Å²) in [4.78, 5) is 3.57. The fourth-order valence-electron chi connectivity index (χ4n) is 1.41. The molecule has 6 heteroatoms. The average Bonchev–Trinajstić information content (AvgIpc) is 2.89. The number of hydrogen-bond acceptors (Lipinski definition) is 5. The molecule has 3 nitrogen and oxygen atoms in total. The van der Waals surface area contributed by atoms with Gasteiger partial charge in [-0.05, 0) is 25.4 Å². The Morgan fingerprint density at radius 3 is 2.94 bits per heavy atom.